The van der Waals surface area contributed by atoms with Gasteiger partial charge in [-0.2, -0.15) is 0 Å². The predicted molar refractivity (Wildman–Crippen MR) is 102 cm³/mol. The number of hydrogen-bond donors (Lipinski definition) is 1. The average Bonchev–Trinajstić information content (AvgIpc) is 2.96. The second kappa shape index (κ2) is 8.40. The molecule has 1 N–H and O–H groups in total. The summed E-state index contributed by atoms with van der Waals surface area (Å²) in [5, 5.41) is 3.14. The van der Waals surface area contributed by atoms with E-state index in [1.165, 1.54) is 8.66 Å². The third-order valence-corrected chi connectivity index (χ3v) is 5.78. The number of thiophene rings is 1. The topological polar surface area (TPSA) is 48.5 Å². The second-order valence-corrected chi connectivity index (χ2v) is 8.55. The van der Waals surface area contributed by atoms with Crippen molar-refractivity contribution in [1.29, 1.82) is 0 Å². The zero-order valence-electron chi connectivity index (χ0n) is 13.0. The first-order valence-corrected chi connectivity index (χ1v) is 9.68. The first-order valence-electron chi connectivity index (χ1n) is 7.69. The van der Waals surface area contributed by atoms with Crippen LogP contribution in [0.1, 0.15) is 4.88 Å². The van der Waals surface area contributed by atoms with Crippen LogP contribution in [0.5, 0.6) is 0 Å². The van der Waals surface area contributed by atoms with E-state index in [2.05, 4.69) is 48.2 Å². The minimum absolute atomic E-state index is 0.0551. The molecule has 0 aromatic carbocycles. The minimum Gasteiger partial charge on any atom is -0.322 e. The van der Waals surface area contributed by atoms with Crippen LogP contribution in [-0.4, -0.2) is 53.4 Å². The zero-order valence-corrected chi connectivity index (χ0v) is 16.2. The van der Waals surface area contributed by atoms with E-state index in [0.717, 1.165) is 32.7 Å². The number of rotatable bonds is 5. The first kappa shape index (κ1) is 17.8. The third kappa shape index (κ3) is 5.00. The lowest BCUT2D eigenvalue weighted by atomic mass is 10.3. The Labute approximate surface area is 158 Å². The van der Waals surface area contributed by atoms with Crippen LogP contribution in [0, 0.1) is 0 Å². The van der Waals surface area contributed by atoms with Crippen molar-refractivity contribution in [2.24, 2.45) is 0 Å². The molecule has 1 saturated heterocycles. The molecule has 0 bridgehead atoms. The second-order valence-electron chi connectivity index (χ2n) is 5.65. The molecule has 2 aromatic rings. The average molecular weight is 430 g/mol. The number of anilines is 1. The van der Waals surface area contributed by atoms with Crippen LogP contribution in [0.3, 0.4) is 0 Å². The minimum atomic E-state index is -0.0551. The number of halogens is 2. The molecule has 1 aliphatic rings. The molecule has 0 atom stereocenters. The van der Waals surface area contributed by atoms with Gasteiger partial charge in [0.15, 0.2) is 5.15 Å². The SMILES string of the molecule is O=C(CN1CCN(Cc2ccc(Br)s2)CC1)Nc1cccnc1Cl. The van der Waals surface area contributed by atoms with E-state index in [9.17, 15) is 4.79 Å². The molecule has 1 amide bonds. The number of carbonyl (C=O) groups is 1. The highest BCUT2D eigenvalue weighted by atomic mass is 79.9. The van der Waals surface area contributed by atoms with Crippen LogP contribution in [-0.2, 0) is 11.3 Å². The van der Waals surface area contributed by atoms with Crippen molar-refractivity contribution in [3.63, 3.8) is 0 Å². The third-order valence-electron chi connectivity index (χ3n) is 3.87. The lowest BCUT2D eigenvalue weighted by molar-refractivity contribution is -0.117. The number of aromatic nitrogens is 1. The van der Waals surface area contributed by atoms with Gasteiger partial charge in [-0.3, -0.25) is 14.6 Å². The highest BCUT2D eigenvalue weighted by Crippen LogP contribution is 2.23. The molecule has 5 nitrogen and oxygen atoms in total. The van der Waals surface area contributed by atoms with Gasteiger partial charge in [0.05, 0.1) is 16.0 Å². The molecular formula is C16H18BrClN4OS. The maximum Gasteiger partial charge on any atom is 0.238 e. The van der Waals surface area contributed by atoms with Gasteiger partial charge < -0.3 is 5.32 Å². The molecule has 0 radical (unpaired) electrons. The number of carbonyl (C=O) groups excluding carboxylic acids is 1. The summed E-state index contributed by atoms with van der Waals surface area (Å²) in [6.07, 6.45) is 1.60. The van der Waals surface area contributed by atoms with E-state index >= 15 is 0 Å². The fourth-order valence-electron chi connectivity index (χ4n) is 2.63. The Morgan fingerprint density at radius 2 is 2.00 bits per heavy atom. The molecule has 3 rings (SSSR count). The Morgan fingerprint density at radius 3 is 2.67 bits per heavy atom. The molecule has 0 aliphatic carbocycles. The quantitative estimate of drug-likeness (QED) is 0.741. The van der Waals surface area contributed by atoms with Crippen molar-refractivity contribution in [3.05, 3.63) is 44.3 Å². The van der Waals surface area contributed by atoms with E-state index in [1.54, 1.807) is 29.7 Å². The largest absolute Gasteiger partial charge is 0.322 e. The van der Waals surface area contributed by atoms with Crippen LogP contribution in [0.25, 0.3) is 0 Å². The molecule has 1 fully saturated rings. The van der Waals surface area contributed by atoms with Crippen LogP contribution in [0.15, 0.2) is 34.2 Å². The summed E-state index contributed by atoms with van der Waals surface area (Å²) in [6.45, 7) is 5.07. The van der Waals surface area contributed by atoms with E-state index < -0.39 is 0 Å². The van der Waals surface area contributed by atoms with Crippen molar-refractivity contribution in [1.82, 2.24) is 14.8 Å². The van der Waals surface area contributed by atoms with E-state index in [0.29, 0.717) is 17.4 Å². The summed E-state index contributed by atoms with van der Waals surface area (Å²) in [5.41, 5.74) is 0.561. The summed E-state index contributed by atoms with van der Waals surface area (Å²) in [6, 6.07) is 7.75. The predicted octanol–water partition coefficient (Wildman–Crippen LogP) is 3.32. The van der Waals surface area contributed by atoms with Gasteiger partial charge in [-0.25, -0.2) is 4.98 Å². The van der Waals surface area contributed by atoms with Crippen molar-refractivity contribution in [2.45, 2.75) is 6.54 Å². The Balaban J connectivity index is 1.43. The maximum absolute atomic E-state index is 12.2. The summed E-state index contributed by atoms with van der Waals surface area (Å²) < 4.78 is 1.17. The molecule has 128 valence electrons. The van der Waals surface area contributed by atoms with Gasteiger partial charge in [-0.1, -0.05) is 11.6 Å². The van der Waals surface area contributed by atoms with Crippen LogP contribution in [0.4, 0.5) is 5.69 Å². The van der Waals surface area contributed by atoms with Crippen molar-refractivity contribution < 1.29 is 4.79 Å². The normalized spacial score (nSPS) is 16.2. The van der Waals surface area contributed by atoms with Crippen molar-refractivity contribution in [2.75, 3.05) is 38.0 Å². The number of piperazine rings is 1. The fourth-order valence-corrected chi connectivity index (χ4v) is 4.33. The number of hydrogen-bond acceptors (Lipinski definition) is 5. The van der Waals surface area contributed by atoms with E-state index in [4.69, 9.17) is 11.6 Å². The number of nitrogens with zero attached hydrogens (tertiary/aromatic N) is 3. The van der Waals surface area contributed by atoms with E-state index in [-0.39, 0.29) is 5.91 Å². The molecule has 0 saturated carbocycles. The van der Waals surface area contributed by atoms with Gasteiger partial charge in [0.25, 0.3) is 0 Å². The fraction of sp³-hybridized carbons (Fsp3) is 0.375. The summed E-state index contributed by atoms with van der Waals surface area (Å²) in [5.74, 6) is -0.0551. The molecule has 0 spiro atoms. The Kier molecular flexibility index (Phi) is 6.24. The monoisotopic (exact) mass is 428 g/mol. The Bertz CT molecular complexity index is 703. The maximum atomic E-state index is 12.2. The first-order chi connectivity index (χ1) is 11.6. The molecule has 24 heavy (non-hydrogen) atoms. The van der Waals surface area contributed by atoms with E-state index in [1.807, 2.05) is 0 Å². The molecule has 8 heteroatoms. The standard InChI is InChI=1S/C16H18BrClN4OS/c17-14-4-3-12(24-14)10-21-6-8-22(9-7-21)11-15(23)20-13-2-1-5-19-16(13)18/h1-5H,6-11H2,(H,20,23). The molecule has 0 unspecified atom stereocenters. The van der Waals surface area contributed by atoms with Crippen LogP contribution < -0.4 is 5.32 Å². The summed E-state index contributed by atoms with van der Waals surface area (Å²) in [4.78, 5) is 22.1. The Morgan fingerprint density at radius 1 is 1.25 bits per heavy atom. The molecule has 2 aromatic heterocycles. The van der Waals surface area contributed by atoms with Gasteiger partial charge in [0.1, 0.15) is 0 Å². The smallest absolute Gasteiger partial charge is 0.238 e. The van der Waals surface area contributed by atoms with Crippen molar-refractivity contribution >= 4 is 50.5 Å². The van der Waals surface area contributed by atoms with Crippen LogP contribution in [0.2, 0.25) is 5.15 Å². The van der Waals surface area contributed by atoms with Crippen LogP contribution >= 0.6 is 38.9 Å². The number of amides is 1. The van der Waals surface area contributed by atoms with Gasteiger partial charge in [-0.15, -0.1) is 11.3 Å². The van der Waals surface area contributed by atoms with Crippen molar-refractivity contribution in [3.8, 4) is 0 Å². The van der Waals surface area contributed by atoms with Gasteiger partial charge >= 0.3 is 0 Å². The number of nitrogens with one attached hydrogen (secondary N) is 1. The lowest BCUT2D eigenvalue weighted by Crippen LogP contribution is -2.48. The molecule has 1 aliphatic heterocycles. The molecule has 3 heterocycles. The highest BCUT2D eigenvalue weighted by molar-refractivity contribution is 9.11. The lowest BCUT2D eigenvalue weighted by Gasteiger charge is -2.34. The zero-order chi connectivity index (χ0) is 16.9. The van der Waals surface area contributed by atoms with Gasteiger partial charge in [0, 0.05) is 43.8 Å². The highest BCUT2D eigenvalue weighted by Gasteiger charge is 2.19. The van der Waals surface area contributed by atoms with Gasteiger partial charge in [-0.05, 0) is 40.2 Å². The summed E-state index contributed by atoms with van der Waals surface area (Å²) in [7, 11) is 0. The number of pyridine rings is 1. The summed E-state index contributed by atoms with van der Waals surface area (Å²) >= 11 is 11.2. The molecular weight excluding hydrogens is 412 g/mol. The Hall–Kier alpha value is -0.990. The van der Waals surface area contributed by atoms with Gasteiger partial charge in [0.2, 0.25) is 5.91 Å².